The smallest absolute Gasteiger partial charge is 0.0575 e. The van der Waals surface area contributed by atoms with E-state index >= 15 is 0 Å². The van der Waals surface area contributed by atoms with E-state index in [1.54, 1.807) is 0 Å². The van der Waals surface area contributed by atoms with Gasteiger partial charge in [-0.15, -0.1) is 0 Å². The van der Waals surface area contributed by atoms with Gasteiger partial charge in [-0.05, 0) is 45.2 Å². The Labute approximate surface area is 75.7 Å². The SMILES string of the molecule is CCNCCCCOC1CCC1. The van der Waals surface area contributed by atoms with Crippen LogP contribution in [-0.2, 0) is 4.74 Å². The average molecular weight is 171 g/mol. The van der Waals surface area contributed by atoms with Crippen LogP contribution in [0.15, 0.2) is 0 Å². The Bertz CT molecular complexity index is 102. The normalized spacial score (nSPS) is 17.8. The standard InChI is InChI=1S/C10H21NO/c1-2-11-8-3-4-9-12-10-6-5-7-10/h10-11H,2-9H2,1H3. The molecule has 0 amide bonds. The van der Waals surface area contributed by atoms with Gasteiger partial charge in [0.2, 0.25) is 0 Å². The maximum Gasteiger partial charge on any atom is 0.0575 e. The van der Waals surface area contributed by atoms with E-state index in [2.05, 4.69) is 12.2 Å². The summed E-state index contributed by atoms with van der Waals surface area (Å²) in [5.74, 6) is 0. The molecular weight excluding hydrogens is 150 g/mol. The molecule has 1 fully saturated rings. The molecule has 0 aromatic heterocycles. The summed E-state index contributed by atoms with van der Waals surface area (Å²) in [5, 5.41) is 3.31. The summed E-state index contributed by atoms with van der Waals surface area (Å²) in [4.78, 5) is 0. The third-order valence-corrected chi connectivity index (χ3v) is 2.40. The molecule has 2 nitrogen and oxygen atoms in total. The predicted molar refractivity (Wildman–Crippen MR) is 51.4 cm³/mol. The van der Waals surface area contributed by atoms with Crippen molar-refractivity contribution in [3.05, 3.63) is 0 Å². The van der Waals surface area contributed by atoms with E-state index in [0.29, 0.717) is 6.10 Å². The van der Waals surface area contributed by atoms with Crippen molar-refractivity contribution in [2.75, 3.05) is 19.7 Å². The van der Waals surface area contributed by atoms with Crippen LogP contribution in [0, 0.1) is 0 Å². The number of rotatable bonds is 7. The van der Waals surface area contributed by atoms with Crippen LogP contribution >= 0.6 is 0 Å². The molecule has 0 atom stereocenters. The van der Waals surface area contributed by atoms with Gasteiger partial charge in [-0.25, -0.2) is 0 Å². The first-order valence-electron chi connectivity index (χ1n) is 5.26. The molecule has 0 heterocycles. The molecule has 0 aliphatic heterocycles. The maximum absolute atomic E-state index is 5.63. The fourth-order valence-electron chi connectivity index (χ4n) is 1.32. The Morgan fingerprint density at radius 3 is 2.75 bits per heavy atom. The Balaban J connectivity index is 1.70. The van der Waals surface area contributed by atoms with Gasteiger partial charge in [0.05, 0.1) is 6.10 Å². The van der Waals surface area contributed by atoms with Crippen LogP contribution in [0.2, 0.25) is 0 Å². The van der Waals surface area contributed by atoms with E-state index in [1.165, 1.54) is 32.1 Å². The molecule has 0 aromatic rings. The van der Waals surface area contributed by atoms with Crippen LogP contribution in [-0.4, -0.2) is 25.8 Å². The fraction of sp³-hybridized carbons (Fsp3) is 1.00. The lowest BCUT2D eigenvalue weighted by Crippen LogP contribution is -2.22. The third kappa shape index (κ3) is 4.07. The highest BCUT2D eigenvalue weighted by Gasteiger charge is 2.16. The highest BCUT2D eigenvalue weighted by molar-refractivity contribution is 4.68. The zero-order valence-electron chi connectivity index (χ0n) is 8.14. The number of ether oxygens (including phenoxy) is 1. The van der Waals surface area contributed by atoms with E-state index in [4.69, 9.17) is 4.74 Å². The van der Waals surface area contributed by atoms with Crippen LogP contribution in [0.1, 0.15) is 39.0 Å². The summed E-state index contributed by atoms with van der Waals surface area (Å²) >= 11 is 0. The zero-order chi connectivity index (χ0) is 8.65. The summed E-state index contributed by atoms with van der Waals surface area (Å²) in [6.07, 6.45) is 7.05. The number of hydrogen-bond acceptors (Lipinski definition) is 2. The first-order chi connectivity index (χ1) is 5.93. The largest absolute Gasteiger partial charge is 0.378 e. The van der Waals surface area contributed by atoms with Crippen LogP contribution in [0.4, 0.5) is 0 Å². The van der Waals surface area contributed by atoms with Crippen molar-refractivity contribution in [2.45, 2.75) is 45.1 Å². The van der Waals surface area contributed by atoms with Gasteiger partial charge in [0.15, 0.2) is 0 Å². The number of unbranched alkanes of at least 4 members (excludes halogenated alkanes) is 1. The lowest BCUT2D eigenvalue weighted by Gasteiger charge is -2.25. The lowest BCUT2D eigenvalue weighted by atomic mass is 9.96. The summed E-state index contributed by atoms with van der Waals surface area (Å²) in [5.41, 5.74) is 0. The maximum atomic E-state index is 5.63. The van der Waals surface area contributed by atoms with Gasteiger partial charge in [0.25, 0.3) is 0 Å². The minimum absolute atomic E-state index is 0.615. The second-order valence-corrected chi connectivity index (χ2v) is 3.48. The topological polar surface area (TPSA) is 21.3 Å². The Hall–Kier alpha value is -0.0800. The Morgan fingerprint density at radius 1 is 1.33 bits per heavy atom. The van der Waals surface area contributed by atoms with Gasteiger partial charge in [-0.1, -0.05) is 6.92 Å². The second-order valence-electron chi connectivity index (χ2n) is 3.48. The zero-order valence-corrected chi connectivity index (χ0v) is 8.14. The molecule has 1 rings (SSSR count). The van der Waals surface area contributed by atoms with Crippen molar-refractivity contribution in [3.8, 4) is 0 Å². The van der Waals surface area contributed by atoms with Gasteiger partial charge in [0, 0.05) is 6.61 Å². The van der Waals surface area contributed by atoms with E-state index in [0.717, 1.165) is 19.7 Å². The summed E-state index contributed by atoms with van der Waals surface area (Å²) < 4.78 is 5.63. The molecule has 0 aromatic carbocycles. The van der Waals surface area contributed by atoms with Crippen molar-refractivity contribution >= 4 is 0 Å². The molecular formula is C10H21NO. The molecule has 0 spiro atoms. The van der Waals surface area contributed by atoms with E-state index in [-0.39, 0.29) is 0 Å². The van der Waals surface area contributed by atoms with Gasteiger partial charge < -0.3 is 10.1 Å². The molecule has 1 aliphatic carbocycles. The van der Waals surface area contributed by atoms with Gasteiger partial charge in [-0.3, -0.25) is 0 Å². The summed E-state index contributed by atoms with van der Waals surface area (Å²) in [6.45, 7) is 5.34. The second kappa shape index (κ2) is 6.44. The summed E-state index contributed by atoms with van der Waals surface area (Å²) in [6, 6.07) is 0. The van der Waals surface area contributed by atoms with Crippen LogP contribution in [0.3, 0.4) is 0 Å². The van der Waals surface area contributed by atoms with E-state index < -0.39 is 0 Å². The van der Waals surface area contributed by atoms with Gasteiger partial charge in [-0.2, -0.15) is 0 Å². The van der Waals surface area contributed by atoms with Crippen molar-refractivity contribution in [2.24, 2.45) is 0 Å². The van der Waals surface area contributed by atoms with Crippen molar-refractivity contribution < 1.29 is 4.74 Å². The molecule has 1 N–H and O–H groups in total. The molecule has 12 heavy (non-hydrogen) atoms. The minimum Gasteiger partial charge on any atom is -0.378 e. The van der Waals surface area contributed by atoms with Crippen molar-refractivity contribution in [3.63, 3.8) is 0 Å². The predicted octanol–water partition coefficient (Wildman–Crippen LogP) is 1.95. The highest BCUT2D eigenvalue weighted by atomic mass is 16.5. The quantitative estimate of drug-likeness (QED) is 0.591. The molecule has 0 saturated heterocycles. The van der Waals surface area contributed by atoms with Crippen LogP contribution in [0.25, 0.3) is 0 Å². The Kier molecular flexibility index (Phi) is 5.37. The number of hydrogen-bond donors (Lipinski definition) is 1. The molecule has 0 radical (unpaired) electrons. The summed E-state index contributed by atoms with van der Waals surface area (Å²) in [7, 11) is 0. The monoisotopic (exact) mass is 171 g/mol. The molecule has 72 valence electrons. The average Bonchev–Trinajstić information content (AvgIpc) is 2.00. The van der Waals surface area contributed by atoms with Gasteiger partial charge >= 0.3 is 0 Å². The van der Waals surface area contributed by atoms with Crippen molar-refractivity contribution in [1.82, 2.24) is 5.32 Å². The number of nitrogens with one attached hydrogen (secondary N) is 1. The molecule has 0 unspecified atom stereocenters. The van der Waals surface area contributed by atoms with E-state index in [9.17, 15) is 0 Å². The molecule has 2 heteroatoms. The van der Waals surface area contributed by atoms with E-state index in [1.807, 2.05) is 0 Å². The van der Waals surface area contributed by atoms with Crippen molar-refractivity contribution in [1.29, 1.82) is 0 Å². The Morgan fingerprint density at radius 2 is 2.17 bits per heavy atom. The fourth-order valence-corrected chi connectivity index (χ4v) is 1.32. The third-order valence-electron chi connectivity index (χ3n) is 2.40. The first-order valence-corrected chi connectivity index (χ1v) is 5.26. The lowest BCUT2D eigenvalue weighted by molar-refractivity contribution is 0.000846. The van der Waals surface area contributed by atoms with Gasteiger partial charge in [0.1, 0.15) is 0 Å². The van der Waals surface area contributed by atoms with Crippen LogP contribution < -0.4 is 5.32 Å². The minimum atomic E-state index is 0.615. The first kappa shape index (κ1) is 10.0. The molecule has 1 aliphatic rings. The molecule has 1 saturated carbocycles. The highest BCUT2D eigenvalue weighted by Crippen LogP contribution is 2.21. The van der Waals surface area contributed by atoms with Crippen LogP contribution in [0.5, 0.6) is 0 Å². The molecule has 0 bridgehead atoms.